The molecule has 2 aliphatic carbocycles. The summed E-state index contributed by atoms with van der Waals surface area (Å²) in [5.41, 5.74) is 18.5. The first-order valence-corrected chi connectivity index (χ1v) is 25.1. The largest absolute Gasteiger partial charge is 0.309 e. The molecule has 11 aromatic rings. The second-order valence-corrected chi connectivity index (χ2v) is 21.0. The summed E-state index contributed by atoms with van der Waals surface area (Å²) in [6.45, 7) is 0. The maximum absolute atomic E-state index is 2.57. The van der Waals surface area contributed by atoms with Gasteiger partial charge in [-0.25, -0.2) is 0 Å². The van der Waals surface area contributed by atoms with E-state index in [0.717, 1.165) is 11.4 Å². The predicted molar refractivity (Wildman–Crippen MR) is 277 cm³/mol. The van der Waals surface area contributed by atoms with Crippen molar-refractivity contribution in [3.63, 3.8) is 0 Å². The lowest BCUT2D eigenvalue weighted by molar-refractivity contribution is 0.722. The molecule has 2 spiro atoms. The van der Waals surface area contributed by atoms with Crippen molar-refractivity contribution in [2.45, 2.75) is 30.4 Å². The molecule has 0 fully saturated rings. The van der Waals surface area contributed by atoms with E-state index in [9.17, 15) is 0 Å². The molecule has 2 aliphatic heterocycles. The van der Waals surface area contributed by atoms with Crippen LogP contribution in [0.25, 0.3) is 42.4 Å². The fraction of sp³-hybridized carbons (Fsp3) is 0.0323. The van der Waals surface area contributed by atoms with Gasteiger partial charge in [-0.05, 0) is 127 Å². The van der Waals surface area contributed by atoms with Gasteiger partial charge in [0, 0.05) is 46.4 Å². The number of benzene rings is 10. The van der Waals surface area contributed by atoms with Gasteiger partial charge in [0.05, 0.1) is 21.2 Å². The zero-order valence-corrected chi connectivity index (χ0v) is 38.0. The van der Waals surface area contributed by atoms with Gasteiger partial charge < -0.3 is 4.90 Å². The van der Waals surface area contributed by atoms with Crippen molar-refractivity contribution in [2.24, 2.45) is 0 Å². The van der Waals surface area contributed by atoms with E-state index in [2.05, 4.69) is 229 Å². The van der Waals surface area contributed by atoms with Crippen molar-refractivity contribution in [3.05, 3.63) is 269 Å². The summed E-state index contributed by atoms with van der Waals surface area (Å²) in [5.74, 6) is 0. The number of rotatable bonds is 3. The highest BCUT2D eigenvalue weighted by Gasteiger charge is 2.52. The average Bonchev–Trinajstić information content (AvgIpc) is 4.00. The van der Waals surface area contributed by atoms with Crippen LogP contribution in [0.1, 0.15) is 44.5 Å². The van der Waals surface area contributed by atoms with Crippen molar-refractivity contribution in [2.75, 3.05) is 4.90 Å². The summed E-state index contributed by atoms with van der Waals surface area (Å²) in [7, 11) is 0. The van der Waals surface area contributed by atoms with E-state index in [-0.39, 0.29) is 0 Å². The maximum atomic E-state index is 2.57. The highest BCUT2D eigenvalue weighted by atomic mass is 32.2. The van der Waals surface area contributed by atoms with Gasteiger partial charge in [0.1, 0.15) is 0 Å². The summed E-state index contributed by atoms with van der Waals surface area (Å²) < 4.78 is 2.58. The second-order valence-electron chi connectivity index (χ2n) is 17.8. The first-order chi connectivity index (χ1) is 32.7. The molecule has 15 rings (SSSR count). The third-order valence-electron chi connectivity index (χ3n) is 14.8. The van der Waals surface area contributed by atoms with Crippen LogP contribution in [0.5, 0.6) is 0 Å². The molecule has 1 nitrogen and oxygen atoms in total. The zero-order valence-electron chi connectivity index (χ0n) is 35.5. The summed E-state index contributed by atoms with van der Waals surface area (Å²) >= 11 is 5.69. The van der Waals surface area contributed by atoms with Crippen LogP contribution in [0.15, 0.2) is 244 Å². The Balaban J connectivity index is 1.02. The van der Waals surface area contributed by atoms with Gasteiger partial charge in [0.2, 0.25) is 0 Å². The zero-order chi connectivity index (χ0) is 43.1. The molecule has 1 aromatic heterocycles. The Kier molecular flexibility index (Phi) is 7.73. The van der Waals surface area contributed by atoms with Crippen LogP contribution in [0.2, 0.25) is 0 Å². The molecule has 10 aromatic carbocycles. The minimum atomic E-state index is -0.487. The maximum Gasteiger partial charge on any atom is 0.0736 e. The lowest BCUT2D eigenvalue weighted by atomic mass is 9.67. The molecule has 0 amide bonds. The number of thiophene rings is 1. The van der Waals surface area contributed by atoms with E-state index in [1.165, 1.54) is 112 Å². The molecule has 0 N–H and O–H groups in total. The SMILES string of the molecule is c1ccc2c(c1)Sc1ccccc1C21c2ccccc2-c2cc(N(c3ccc4c(c3)C3(c5ccccc5Sc5ccccc53)c3ccccc3-4)c3cccc4c3sc3ccccc34)ccc21. The van der Waals surface area contributed by atoms with Crippen LogP contribution >= 0.6 is 34.9 Å². The number of anilines is 3. The molecular formula is C62H37NS3. The van der Waals surface area contributed by atoms with Crippen LogP contribution in [-0.2, 0) is 10.8 Å². The Labute approximate surface area is 396 Å². The van der Waals surface area contributed by atoms with Crippen LogP contribution in [-0.4, -0.2) is 0 Å². The van der Waals surface area contributed by atoms with Crippen LogP contribution in [0.4, 0.5) is 17.1 Å². The van der Waals surface area contributed by atoms with Crippen molar-refractivity contribution in [1.82, 2.24) is 0 Å². The molecular weight excluding hydrogens is 855 g/mol. The highest BCUT2D eigenvalue weighted by molar-refractivity contribution is 7.99. The Morgan fingerprint density at radius 1 is 0.303 bits per heavy atom. The van der Waals surface area contributed by atoms with Gasteiger partial charge in [-0.1, -0.05) is 187 Å². The topological polar surface area (TPSA) is 3.24 Å². The van der Waals surface area contributed by atoms with E-state index in [0.29, 0.717) is 0 Å². The average molecular weight is 892 g/mol. The lowest BCUT2D eigenvalue weighted by Crippen LogP contribution is -2.32. The quantitative estimate of drug-likeness (QED) is 0.174. The molecule has 4 aliphatic rings. The standard InChI is InChI=1S/C62H37NS3/c1-4-20-46-40(16-1)42-34-32-39(37-53(42)62(46)51-24-8-13-30-58(51)65-59-31-14-9-25-52(59)62)63(54-26-15-19-44-43-18-3-10-27-55(43)66-60(44)54)38-33-35-48-45(36-38)41-17-2-5-21-47(41)61(48)49-22-6-11-28-56(49)64-57-29-12-7-23-50(57)61/h1-37H. The lowest BCUT2D eigenvalue weighted by Gasteiger charge is -2.40. The summed E-state index contributed by atoms with van der Waals surface area (Å²) in [4.78, 5) is 7.83. The Morgan fingerprint density at radius 3 is 1.36 bits per heavy atom. The molecule has 4 heteroatoms. The molecule has 0 atom stereocenters. The van der Waals surface area contributed by atoms with Gasteiger partial charge in [-0.15, -0.1) is 11.3 Å². The second kappa shape index (κ2) is 13.7. The Morgan fingerprint density at radius 2 is 0.742 bits per heavy atom. The third-order valence-corrected chi connectivity index (χ3v) is 18.3. The summed E-state index contributed by atoms with van der Waals surface area (Å²) in [6, 6.07) is 85.2. The molecule has 0 saturated carbocycles. The molecule has 0 saturated heterocycles. The highest BCUT2D eigenvalue weighted by Crippen LogP contribution is 2.65. The fourth-order valence-electron chi connectivity index (χ4n) is 12.3. The Hall–Kier alpha value is -7.08. The number of hydrogen-bond acceptors (Lipinski definition) is 4. The third kappa shape index (κ3) is 4.73. The van der Waals surface area contributed by atoms with E-state index in [4.69, 9.17) is 0 Å². The van der Waals surface area contributed by atoms with Gasteiger partial charge >= 0.3 is 0 Å². The first-order valence-electron chi connectivity index (χ1n) is 22.7. The molecule has 308 valence electrons. The normalized spacial score (nSPS) is 14.8. The number of fused-ring (bicyclic) bond motifs is 21. The minimum Gasteiger partial charge on any atom is -0.309 e. The minimum absolute atomic E-state index is 0.440. The molecule has 0 unspecified atom stereocenters. The van der Waals surface area contributed by atoms with Gasteiger partial charge in [-0.3, -0.25) is 0 Å². The van der Waals surface area contributed by atoms with Crippen molar-refractivity contribution in [1.29, 1.82) is 0 Å². The monoisotopic (exact) mass is 891 g/mol. The smallest absolute Gasteiger partial charge is 0.0736 e. The van der Waals surface area contributed by atoms with E-state index >= 15 is 0 Å². The first kappa shape index (κ1) is 37.2. The van der Waals surface area contributed by atoms with Crippen LogP contribution in [0.3, 0.4) is 0 Å². The van der Waals surface area contributed by atoms with E-state index in [1.807, 2.05) is 34.9 Å². The molecule has 0 radical (unpaired) electrons. The molecule has 3 heterocycles. The fourth-order valence-corrected chi connectivity index (χ4v) is 15.9. The predicted octanol–water partition coefficient (Wildman–Crippen LogP) is 17.2. The number of nitrogens with zero attached hydrogens (tertiary/aromatic N) is 1. The van der Waals surface area contributed by atoms with E-state index in [1.54, 1.807) is 0 Å². The Bertz CT molecular complexity index is 3790. The summed E-state index contributed by atoms with van der Waals surface area (Å²) in [5, 5.41) is 2.58. The molecule has 0 bridgehead atoms. The van der Waals surface area contributed by atoms with Crippen LogP contribution in [0, 0.1) is 0 Å². The van der Waals surface area contributed by atoms with Crippen LogP contribution < -0.4 is 4.90 Å². The number of hydrogen-bond donors (Lipinski definition) is 0. The van der Waals surface area contributed by atoms with Gasteiger partial charge in [0.15, 0.2) is 0 Å². The van der Waals surface area contributed by atoms with Gasteiger partial charge in [-0.2, -0.15) is 0 Å². The van der Waals surface area contributed by atoms with Crippen molar-refractivity contribution >= 4 is 72.1 Å². The van der Waals surface area contributed by atoms with E-state index < -0.39 is 10.8 Å². The molecule has 66 heavy (non-hydrogen) atoms. The van der Waals surface area contributed by atoms with Gasteiger partial charge in [0.25, 0.3) is 0 Å². The summed E-state index contributed by atoms with van der Waals surface area (Å²) in [6.07, 6.45) is 0. The van der Waals surface area contributed by atoms with Crippen molar-refractivity contribution in [3.8, 4) is 22.3 Å². The van der Waals surface area contributed by atoms with Crippen molar-refractivity contribution < 1.29 is 0 Å².